The van der Waals surface area contributed by atoms with Crippen molar-refractivity contribution in [3.05, 3.63) is 24.0 Å². The van der Waals surface area contributed by atoms with Crippen LogP contribution in [0, 0.1) is 0 Å². The van der Waals surface area contributed by atoms with Gasteiger partial charge in [0.15, 0.2) is 0 Å². The number of H-pyrrole nitrogens is 1. The van der Waals surface area contributed by atoms with Crippen molar-refractivity contribution in [2.24, 2.45) is 0 Å². The summed E-state index contributed by atoms with van der Waals surface area (Å²) in [4.78, 5) is 17.5. The molecule has 1 amide bonds. The van der Waals surface area contributed by atoms with Gasteiger partial charge < -0.3 is 19.9 Å². The van der Waals surface area contributed by atoms with Gasteiger partial charge in [0.25, 0.3) is 5.91 Å². The van der Waals surface area contributed by atoms with Crippen LogP contribution in [-0.2, 0) is 4.74 Å². The maximum atomic E-state index is 12.0. The van der Waals surface area contributed by atoms with E-state index in [0.717, 1.165) is 52.0 Å². The van der Waals surface area contributed by atoms with Crippen LogP contribution in [0.4, 0.5) is 0 Å². The van der Waals surface area contributed by atoms with E-state index in [0.29, 0.717) is 17.8 Å². The highest BCUT2D eigenvalue weighted by Crippen LogP contribution is 2.20. The molecule has 2 fully saturated rings. The smallest absolute Gasteiger partial charge is 0.267 e. The maximum absolute atomic E-state index is 12.0. The molecular weight excluding hydrogens is 254 g/mol. The van der Waals surface area contributed by atoms with Gasteiger partial charge in [0.1, 0.15) is 5.69 Å². The van der Waals surface area contributed by atoms with E-state index in [2.05, 4.69) is 15.2 Å². The Balaban J connectivity index is 1.45. The summed E-state index contributed by atoms with van der Waals surface area (Å²) in [5.41, 5.74) is 0.650. The third-order valence-corrected chi connectivity index (χ3v) is 4.41. The van der Waals surface area contributed by atoms with Gasteiger partial charge in [0, 0.05) is 44.6 Å². The number of nitrogens with zero attached hydrogens (tertiary/aromatic N) is 1. The fourth-order valence-corrected chi connectivity index (χ4v) is 3.19. The lowest BCUT2D eigenvalue weighted by Crippen LogP contribution is -2.49. The van der Waals surface area contributed by atoms with Crippen LogP contribution in [0.5, 0.6) is 0 Å². The van der Waals surface area contributed by atoms with E-state index in [-0.39, 0.29) is 5.91 Å². The molecule has 2 N–H and O–H groups in total. The van der Waals surface area contributed by atoms with E-state index in [9.17, 15) is 4.79 Å². The molecule has 3 heterocycles. The Bertz CT molecular complexity index is 418. The zero-order valence-electron chi connectivity index (χ0n) is 11.8. The first-order chi connectivity index (χ1) is 9.83. The molecule has 2 aliphatic heterocycles. The SMILES string of the molecule is O=C(NC1CCN(C2CCOCC2)CC1)c1ccc[nH]1. The summed E-state index contributed by atoms with van der Waals surface area (Å²) in [5.74, 6) is 0.0134. The van der Waals surface area contributed by atoms with Crippen molar-refractivity contribution in [1.82, 2.24) is 15.2 Å². The minimum atomic E-state index is 0.0134. The molecule has 0 radical (unpaired) electrons. The fourth-order valence-electron chi connectivity index (χ4n) is 3.19. The van der Waals surface area contributed by atoms with Crippen LogP contribution in [0.25, 0.3) is 0 Å². The topological polar surface area (TPSA) is 57.4 Å². The molecule has 0 aliphatic carbocycles. The second kappa shape index (κ2) is 6.41. The molecule has 110 valence electrons. The molecule has 0 unspecified atom stereocenters. The molecule has 0 atom stereocenters. The van der Waals surface area contributed by atoms with Gasteiger partial charge in [-0.1, -0.05) is 0 Å². The van der Waals surface area contributed by atoms with Gasteiger partial charge in [0.05, 0.1) is 0 Å². The highest BCUT2D eigenvalue weighted by atomic mass is 16.5. The lowest BCUT2D eigenvalue weighted by Gasteiger charge is -2.39. The van der Waals surface area contributed by atoms with E-state index in [4.69, 9.17) is 4.74 Å². The maximum Gasteiger partial charge on any atom is 0.267 e. The van der Waals surface area contributed by atoms with Crippen LogP contribution in [0.15, 0.2) is 18.3 Å². The van der Waals surface area contributed by atoms with Gasteiger partial charge in [-0.3, -0.25) is 4.79 Å². The number of rotatable bonds is 3. The number of aromatic amines is 1. The van der Waals surface area contributed by atoms with Gasteiger partial charge in [-0.15, -0.1) is 0 Å². The van der Waals surface area contributed by atoms with E-state index >= 15 is 0 Å². The number of amides is 1. The summed E-state index contributed by atoms with van der Waals surface area (Å²) < 4.78 is 5.42. The number of hydrogen-bond donors (Lipinski definition) is 2. The van der Waals surface area contributed by atoms with Crippen molar-refractivity contribution in [2.75, 3.05) is 26.3 Å². The summed E-state index contributed by atoms with van der Waals surface area (Å²) in [5, 5.41) is 3.12. The number of carbonyl (C=O) groups excluding carboxylic acids is 1. The van der Waals surface area contributed by atoms with Crippen molar-refractivity contribution in [3.8, 4) is 0 Å². The Labute approximate surface area is 119 Å². The fraction of sp³-hybridized carbons (Fsp3) is 0.667. The third-order valence-electron chi connectivity index (χ3n) is 4.41. The Morgan fingerprint density at radius 3 is 2.65 bits per heavy atom. The molecule has 20 heavy (non-hydrogen) atoms. The summed E-state index contributed by atoms with van der Waals surface area (Å²) in [6.45, 7) is 3.96. The first kappa shape index (κ1) is 13.6. The monoisotopic (exact) mass is 277 g/mol. The average Bonchev–Trinajstić information content (AvgIpc) is 3.03. The van der Waals surface area contributed by atoms with Crippen molar-refractivity contribution in [2.45, 2.75) is 37.8 Å². The predicted molar refractivity (Wildman–Crippen MR) is 76.7 cm³/mol. The Morgan fingerprint density at radius 2 is 2.00 bits per heavy atom. The van der Waals surface area contributed by atoms with Gasteiger partial charge in [-0.2, -0.15) is 0 Å². The van der Waals surface area contributed by atoms with E-state index in [1.165, 1.54) is 0 Å². The second-order valence-corrected chi connectivity index (χ2v) is 5.71. The summed E-state index contributed by atoms with van der Waals surface area (Å²) in [6.07, 6.45) is 6.18. The van der Waals surface area contributed by atoms with Crippen LogP contribution < -0.4 is 5.32 Å². The lowest BCUT2D eigenvalue weighted by atomic mass is 9.99. The van der Waals surface area contributed by atoms with Gasteiger partial charge in [0.2, 0.25) is 0 Å². The number of likely N-dealkylation sites (tertiary alicyclic amines) is 1. The van der Waals surface area contributed by atoms with Gasteiger partial charge in [-0.05, 0) is 37.8 Å². The zero-order valence-corrected chi connectivity index (χ0v) is 11.8. The van der Waals surface area contributed by atoms with Crippen LogP contribution in [0.1, 0.15) is 36.2 Å². The Morgan fingerprint density at radius 1 is 1.25 bits per heavy atom. The Kier molecular flexibility index (Phi) is 4.38. The molecule has 3 rings (SSSR count). The highest BCUT2D eigenvalue weighted by molar-refractivity contribution is 5.92. The van der Waals surface area contributed by atoms with Crippen LogP contribution in [0.3, 0.4) is 0 Å². The molecule has 0 spiro atoms. The molecule has 2 saturated heterocycles. The van der Waals surface area contributed by atoms with E-state index in [1.54, 1.807) is 6.20 Å². The van der Waals surface area contributed by atoms with Crippen molar-refractivity contribution in [1.29, 1.82) is 0 Å². The van der Waals surface area contributed by atoms with Crippen LogP contribution >= 0.6 is 0 Å². The second-order valence-electron chi connectivity index (χ2n) is 5.71. The zero-order chi connectivity index (χ0) is 13.8. The largest absolute Gasteiger partial charge is 0.381 e. The first-order valence-electron chi connectivity index (χ1n) is 7.59. The number of piperidine rings is 1. The number of carbonyl (C=O) groups is 1. The highest BCUT2D eigenvalue weighted by Gasteiger charge is 2.27. The standard InChI is InChI=1S/C15H23N3O2/c19-15(14-2-1-7-16-14)17-12-3-8-18(9-4-12)13-5-10-20-11-6-13/h1-2,7,12-13,16H,3-6,8-11H2,(H,17,19). The molecule has 5 nitrogen and oxygen atoms in total. The van der Waals surface area contributed by atoms with Crippen molar-refractivity contribution >= 4 is 5.91 Å². The number of aromatic nitrogens is 1. The summed E-state index contributed by atoms with van der Waals surface area (Å²) >= 11 is 0. The van der Waals surface area contributed by atoms with Crippen molar-refractivity contribution < 1.29 is 9.53 Å². The summed E-state index contributed by atoms with van der Waals surface area (Å²) in [7, 11) is 0. The summed E-state index contributed by atoms with van der Waals surface area (Å²) in [6, 6.07) is 4.65. The van der Waals surface area contributed by atoms with E-state index < -0.39 is 0 Å². The molecule has 0 aromatic carbocycles. The minimum absolute atomic E-state index is 0.0134. The normalized spacial score (nSPS) is 22.8. The molecule has 0 saturated carbocycles. The van der Waals surface area contributed by atoms with Crippen LogP contribution in [0.2, 0.25) is 0 Å². The lowest BCUT2D eigenvalue weighted by molar-refractivity contribution is 0.0238. The van der Waals surface area contributed by atoms with Gasteiger partial charge in [-0.25, -0.2) is 0 Å². The number of hydrogen-bond acceptors (Lipinski definition) is 3. The number of ether oxygens (including phenoxy) is 1. The van der Waals surface area contributed by atoms with Crippen molar-refractivity contribution in [3.63, 3.8) is 0 Å². The number of nitrogens with one attached hydrogen (secondary N) is 2. The third kappa shape index (κ3) is 3.22. The molecular formula is C15H23N3O2. The van der Waals surface area contributed by atoms with E-state index in [1.807, 2.05) is 12.1 Å². The molecule has 1 aromatic heterocycles. The first-order valence-corrected chi connectivity index (χ1v) is 7.59. The van der Waals surface area contributed by atoms with Crippen LogP contribution in [-0.4, -0.2) is 54.2 Å². The minimum Gasteiger partial charge on any atom is -0.381 e. The molecule has 5 heteroatoms. The Hall–Kier alpha value is -1.33. The average molecular weight is 277 g/mol. The molecule has 1 aromatic rings. The quantitative estimate of drug-likeness (QED) is 0.878. The van der Waals surface area contributed by atoms with Gasteiger partial charge >= 0.3 is 0 Å². The molecule has 2 aliphatic rings. The predicted octanol–water partition coefficient (Wildman–Crippen LogP) is 1.39. The molecule has 0 bridgehead atoms.